The normalized spacial score (nSPS) is 11.1. The van der Waals surface area contributed by atoms with Gasteiger partial charge in [0.05, 0.1) is 19.4 Å². The van der Waals surface area contributed by atoms with Gasteiger partial charge < -0.3 is 14.8 Å². The average molecular weight is 404 g/mol. The van der Waals surface area contributed by atoms with Crippen molar-refractivity contribution in [3.8, 4) is 5.75 Å². The molecule has 1 N–H and O–H groups in total. The summed E-state index contributed by atoms with van der Waals surface area (Å²) in [6, 6.07) is 5.10. The molecule has 11 nitrogen and oxygen atoms in total. The lowest BCUT2D eigenvalue weighted by Crippen LogP contribution is -2.11. The van der Waals surface area contributed by atoms with Gasteiger partial charge in [-0.25, -0.2) is 9.61 Å². The van der Waals surface area contributed by atoms with E-state index in [1.54, 1.807) is 25.1 Å². The number of methoxy groups -OCH3 is 1. The number of halogens is 1. The molecule has 0 aliphatic heterocycles. The Morgan fingerprint density at radius 3 is 2.93 bits per heavy atom. The van der Waals surface area contributed by atoms with E-state index in [1.165, 1.54) is 11.5 Å². The molecule has 0 saturated heterocycles. The zero-order valence-corrected chi connectivity index (χ0v) is 15.6. The largest absolute Gasteiger partial charge is 0.495 e. The summed E-state index contributed by atoms with van der Waals surface area (Å²) in [5.74, 6) is 0.738. The van der Waals surface area contributed by atoms with Crippen molar-refractivity contribution in [2.45, 2.75) is 13.3 Å². The zero-order valence-electron chi connectivity index (χ0n) is 14.8. The second-order valence-corrected chi connectivity index (χ2v) is 6.03. The number of hydrogen-bond acceptors (Lipinski definition) is 10. The van der Waals surface area contributed by atoms with Crippen LogP contribution >= 0.6 is 11.6 Å². The molecule has 0 saturated carbocycles. The molecule has 0 fully saturated rings. The maximum absolute atomic E-state index is 11.9. The Bertz CT molecular complexity index is 1170. The van der Waals surface area contributed by atoms with Crippen LogP contribution < -0.4 is 10.1 Å². The second-order valence-electron chi connectivity index (χ2n) is 5.60. The van der Waals surface area contributed by atoms with Crippen LogP contribution in [0.3, 0.4) is 0 Å². The molecule has 3 aromatic heterocycles. The number of carbonyl (C=O) groups excluding carboxylic acids is 1. The molecule has 0 unspecified atom stereocenters. The number of rotatable bonds is 6. The first-order valence-corrected chi connectivity index (χ1v) is 8.61. The molecule has 12 heteroatoms. The Labute approximate surface area is 162 Å². The highest BCUT2D eigenvalue weighted by atomic mass is 35.5. The summed E-state index contributed by atoms with van der Waals surface area (Å²) in [6.07, 6.45) is -0.0963. The van der Waals surface area contributed by atoms with Crippen LogP contribution in [0.4, 0.5) is 11.5 Å². The summed E-state index contributed by atoms with van der Waals surface area (Å²) in [7, 11) is 1.54. The Balaban J connectivity index is 1.84. The molecule has 0 bridgehead atoms. The Kier molecular flexibility index (Phi) is 4.65. The molecule has 3 heterocycles. The van der Waals surface area contributed by atoms with Crippen molar-refractivity contribution in [1.82, 2.24) is 29.9 Å². The van der Waals surface area contributed by atoms with E-state index in [0.29, 0.717) is 33.7 Å². The summed E-state index contributed by atoms with van der Waals surface area (Å²) < 4.78 is 16.7. The van der Waals surface area contributed by atoms with Gasteiger partial charge in [-0.2, -0.15) is 0 Å². The van der Waals surface area contributed by atoms with Crippen LogP contribution in [0.15, 0.2) is 22.8 Å². The number of nitrogens with zero attached hydrogens (tertiary/aromatic N) is 6. The van der Waals surface area contributed by atoms with Crippen LogP contribution in [0.5, 0.6) is 5.75 Å². The van der Waals surface area contributed by atoms with E-state index in [0.717, 1.165) is 0 Å². The summed E-state index contributed by atoms with van der Waals surface area (Å²) in [5, 5.41) is 19.4. The number of carbonyl (C=O) groups is 1. The lowest BCUT2D eigenvalue weighted by atomic mass is 10.3. The molecule has 0 atom stereocenters. The van der Waals surface area contributed by atoms with Crippen molar-refractivity contribution < 1.29 is 18.9 Å². The first-order valence-electron chi connectivity index (χ1n) is 8.23. The Morgan fingerprint density at radius 2 is 2.14 bits per heavy atom. The summed E-state index contributed by atoms with van der Waals surface area (Å²) in [4.78, 5) is 16.3. The van der Waals surface area contributed by atoms with Crippen molar-refractivity contribution in [3.63, 3.8) is 0 Å². The lowest BCUT2D eigenvalue weighted by molar-refractivity contribution is -0.142. The van der Waals surface area contributed by atoms with Gasteiger partial charge in [0.25, 0.3) is 0 Å². The van der Waals surface area contributed by atoms with Crippen LogP contribution in [0, 0.1) is 0 Å². The summed E-state index contributed by atoms with van der Waals surface area (Å²) >= 11 is 6.09. The minimum Gasteiger partial charge on any atom is -0.495 e. The number of ether oxygens (including phenoxy) is 2. The number of fused-ring (bicyclic) bond motifs is 3. The van der Waals surface area contributed by atoms with E-state index in [1.807, 2.05) is 0 Å². The van der Waals surface area contributed by atoms with Crippen LogP contribution in [-0.2, 0) is 16.0 Å². The van der Waals surface area contributed by atoms with E-state index in [-0.39, 0.29) is 24.3 Å². The topological polar surface area (TPSA) is 130 Å². The van der Waals surface area contributed by atoms with E-state index in [4.69, 9.17) is 25.7 Å². The minimum absolute atomic E-state index is 0.0963. The average Bonchev–Trinajstić information content (AvgIpc) is 3.29. The fourth-order valence-corrected chi connectivity index (χ4v) is 2.86. The van der Waals surface area contributed by atoms with Gasteiger partial charge in [0, 0.05) is 5.02 Å². The molecule has 1 aromatic carbocycles. The van der Waals surface area contributed by atoms with E-state index in [9.17, 15) is 4.79 Å². The van der Waals surface area contributed by atoms with Gasteiger partial charge >= 0.3 is 5.97 Å². The highest BCUT2D eigenvalue weighted by Crippen LogP contribution is 2.31. The molecule has 0 radical (unpaired) electrons. The lowest BCUT2D eigenvalue weighted by Gasteiger charge is -2.11. The van der Waals surface area contributed by atoms with Gasteiger partial charge in [-0.05, 0) is 35.4 Å². The van der Waals surface area contributed by atoms with Crippen molar-refractivity contribution in [2.75, 3.05) is 19.0 Å². The molecular formula is C16H14ClN7O4. The number of hydrogen-bond donors (Lipinski definition) is 1. The highest BCUT2D eigenvalue weighted by molar-refractivity contribution is 6.31. The van der Waals surface area contributed by atoms with Crippen LogP contribution in [0.25, 0.3) is 16.9 Å². The molecule has 0 spiro atoms. The third-order valence-electron chi connectivity index (χ3n) is 3.85. The van der Waals surface area contributed by atoms with Crippen LogP contribution in [-0.4, -0.2) is 49.6 Å². The molecule has 0 aliphatic carbocycles. The molecule has 0 amide bonds. The quantitative estimate of drug-likeness (QED) is 0.478. The first kappa shape index (κ1) is 17.9. The maximum Gasteiger partial charge on any atom is 0.313 e. The zero-order chi connectivity index (χ0) is 19.7. The van der Waals surface area contributed by atoms with Gasteiger partial charge in [0.15, 0.2) is 11.6 Å². The van der Waals surface area contributed by atoms with Gasteiger partial charge in [-0.3, -0.25) is 9.20 Å². The fraction of sp³-hybridized carbons (Fsp3) is 0.250. The smallest absolute Gasteiger partial charge is 0.313 e. The monoisotopic (exact) mass is 403 g/mol. The van der Waals surface area contributed by atoms with Crippen molar-refractivity contribution in [1.29, 1.82) is 0 Å². The second kappa shape index (κ2) is 7.27. The molecule has 28 heavy (non-hydrogen) atoms. The van der Waals surface area contributed by atoms with Crippen LogP contribution in [0.1, 0.15) is 12.7 Å². The predicted octanol–water partition coefficient (Wildman–Crippen LogP) is 2.17. The minimum atomic E-state index is -0.441. The molecule has 0 aliphatic rings. The van der Waals surface area contributed by atoms with Gasteiger partial charge in [-0.15, -0.1) is 10.2 Å². The van der Waals surface area contributed by atoms with Gasteiger partial charge in [0.2, 0.25) is 16.9 Å². The third-order valence-corrected chi connectivity index (χ3v) is 4.08. The first-order chi connectivity index (χ1) is 13.6. The molecular weight excluding hydrogens is 390 g/mol. The maximum atomic E-state index is 11.9. The van der Waals surface area contributed by atoms with E-state index >= 15 is 0 Å². The fourth-order valence-electron chi connectivity index (χ4n) is 2.68. The molecule has 4 aromatic rings. The third kappa shape index (κ3) is 3.16. The van der Waals surface area contributed by atoms with E-state index in [2.05, 4.69) is 30.8 Å². The Hall–Kier alpha value is -3.47. The van der Waals surface area contributed by atoms with Crippen LogP contribution in [0.2, 0.25) is 5.02 Å². The molecule has 144 valence electrons. The highest BCUT2D eigenvalue weighted by Gasteiger charge is 2.21. The van der Waals surface area contributed by atoms with Crippen molar-refractivity contribution in [2.24, 2.45) is 0 Å². The van der Waals surface area contributed by atoms with Gasteiger partial charge in [0.1, 0.15) is 12.2 Å². The summed E-state index contributed by atoms with van der Waals surface area (Å²) in [5.41, 5.74) is 1.38. The number of nitrogens with one attached hydrogen (secondary N) is 1. The standard InChI is InChI=1S/C16H14ClN7O4/c1-3-27-12(25)7-11-20-21-15-13(19-14-16(24(11)15)23-28-22-14)18-9-6-8(17)4-5-10(9)26-2/h4-6H,3,7H2,1-2H3,(H,18,19,22). The van der Waals surface area contributed by atoms with Crippen molar-refractivity contribution >= 4 is 46.0 Å². The number of anilines is 2. The SMILES string of the molecule is CCOC(=O)Cc1nnc2c(Nc3cc(Cl)ccc3OC)nc3nonc3n12. The molecule has 4 rings (SSSR count). The number of aromatic nitrogens is 6. The van der Waals surface area contributed by atoms with Gasteiger partial charge in [-0.1, -0.05) is 11.6 Å². The predicted molar refractivity (Wildman–Crippen MR) is 97.8 cm³/mol. The number of benzene rings is 1. The number of esters is 1. The van der Waals surface area contributed by atoms with Crippen molar-refractivity contribution in [3.05, 3.63) is 29.0 Å². The summed E-state index contributed by atoms with van der Waals surface area (Å²) in [6.45, 7) is 1.99. The Morgan fingerprint density at radius 1 is 1.29 bits per heavy atom. The van der Waals surface area contributed by atoms with E-state index < -0.39 is 5.97 Å².